The highest BCUT2D eigenvalue weighted by Gasteiger charge is 2.12. The van der Waals surface area contributed by atoms with Crippen LogP contribution in [0.2, 0.25) is 0 Å². The summed E-state index contributed by atoms with van der Waals surface area (Å²) in [4.78, 5) is 28.5. The summed E-state index contributed by atoms with van der Waals surface area (Å²) in [5, 5.41) is 4.60. The van der Waals surface area contributed by atoms with E-state index in [2.05, 4.69) is 10.3 Å². The van der Waals surface area contributed by atoms with Crippen molar-refractivity contribution in [3.63, 3.8) is 0 Å². The molecule has 1 amide bonds. The van der Waals surface area contributed by atoms with Gasteiger partial charge in [0.05, 0.1) is 11.4 Å². The fourth-order valence-electron chi connectivity index (χ4n) is 1.59. The molecule has 0 aliphatic carbocycles. The Bertz CT molecular complexity index is 687. The Morgan fingerprint density at radius 1 is 1.57 bits per heavy atom. The molecular weight excluding hydrogens is 308 g/mol. The number of thioether (sulfide) groups is 1. The molecule has 0 radical (unpaired) electrons. The molecular formula is C13H18N4O2S2. The third-order valence-electron chi connectivity index (χ3n) is 2.58. The smallest absolute Gasteiger partial charge is 0.258 e. The van der Waals surface area contributed by atoms with Gasteiger partial charge in [0.25, 0.3) is 5.56 Å². The van der Waals surface area contributed by atoms with Crippen LogP contribution in [0, 0.1) is 0 Å². The van der Waals surface area contributed by atoms with E-state index in [4.69, 9.17) is 5.73 Å². The summed E-state index contributed by atoms with van der Waals surface area (Å²) >= 11 is 2.84. The van der Waals surface area contributed by atoms with Crippen LogP contribution >= 0.6 is 23.1 Å². The van der Waals surface area contributed by atoms with Crippen LogP contribution in [0.4, 0.5) is 0 Å². The molecule has 0 aliphatic heterocycles. The molecule has 8 heteroatoms. The van der Waals surface area contributed by atoms with Gasteiger partial charge in [-0.15, -0.1) is 23.1 Å². The maximum absolute atomic E-state index is 11.8. The highest BCUT2D eigenvalue weighted by Crippen LogP contribution is 2.12. The second kappa shape index (κ2) is 6.59. The Morgan fingerprint density at radius 2 is 2.33 bits per heavy atom. The van der Waals surface area contributed by atoms with Crippen LogP contribution in [0.5, 0.6) is 0 Å². The van der Waals surface area contributed by atoms with Crippen LogP contribution in [0.3, 0.4) is 0 Å². The van der Waals surface area contributed by atoms with Gasteiger partial charge >= 0.3 is 0 Å². The monoisotopic (exact) mass is 326 g/mol. The van der Waals surface area contributed by atoms with E-state index in [1.165, 1.54) is 33.6 Å². The zero-order valence-corrected chi connectivity index (χ0v) is 13.6. The Kier molecular flexibility index (Phi) is 5.02. The van der Waals surface area contributed by atoms with Crippen molar-refractivity contribution in [2.45, 2.75) is 25.1 Å². The van der Waals surface area contributed by atoms with Crippen molar-refractivity contribution in [1.29, 1.82) is 0 Å². The summed E-state index contributed by atoms with van der Waals surface area (Å²) in [5.74, 6) is 0.789. The van der Waals surface area contributed by atoms with Gasteiger partial charge < -0.3 is 11.1 Å². The maximum atomic E-state index is 11.8. The zero-order valence-electron chi connectivity index (χ0n) is 12.0. The lowest BCUT2D eigenvalue weighted by Gasteiger charge is -2.18. The minimum absolute atomic E-state index is 0.0625. The van der Waals surface area contributed by atoms with Gasteiger partial charge in [-0.3, -0.25) is 14.0 Å². The molecule has 2 aromatic rings. The van der Waals surface area contributed by atoms with Crippen LogP contribution in [-0.2, 0) is 10.5 Å². The molecule has 0 aromatic carbocycles. The first kappa shape index (κ1) is 16.0. The van der Waals surface area contributed by atoms with Crippen LogP contribution in [0.1, 0.15) is 19.5 Å². The number of hydrogen-bond acceptors (Lipinski definition) is 6. The van der Waals surface area contributed by atoms with Gasteiger partial charge in [0.15, 0.2) is 4.96 Å². The fourth-order valence-corrected chi connectivity index (χ4v) is 3.07. The van der Waals surface area contributed by atoms with Gasteiger partial charge in [0, 0.05) is 35.5 Å². The van der Waals surface area contributed by atoms with E-state index in [9.17, 15) is 9.59 Å². The van der Waals surface area contributed by atoms with Gasteiger partial charge in [0.2, 0.25) is 5.91 Å². The third kappa shape index (κ3) is 4.83. The Morgan fingerprint density at radius 3 is 3.05 bits per heavy atom. The summed E-state index contributed by atoms with van der Waals surface area (Å²) in [7, 11) is 0. The highest BCUT2D eigenvalue weighted by atomic mass is 32.2. The number of aromatic nitrogens is 2. The first-order valence-corrected chi connectivity index (χ1v) is 8.48. The molecule has 0 atom stereocenters. The number of fused-ring (bicyclic) bond motifs is 1. The molecule has 114 valence electrons. The molecule has 0 saturated carbocycles. The van der Waals surface area contributed by atoms with E-state index in [1.54, 1.807) is 6.20 Å². The Balaban J connectivity index is 1.85. The van der Waals surface area contributed by atoms with Crippen molar-refractivity contribution >= 4 is 34.0 Å². The van der Waals surface area contributed by atoms with Crippen LogP contribution in [0.25, 0.3) is 4.96 Å². The van der Waals surface area contributed by atoms with E-state index in [-0.39, 0.29) is 11.5 Å². The summed E-state index contributed by atoms with van der Waals surface area (Å²) in [5.41, 5.74) is 5.98. The third-order valence-corrected chi connectivity index (χ3v) is 4.30. The highest BCUT2D eigenvalue weighted by molar-refractivity contribution is 7.99. The van der Waals surface area contributed by atoms with Gasteiger partial charge in [-0.2, -0.15) is 0 Å². The fraction of sp³-hybridized carbons (Fsp3) is 0.462. The molecule has 2 heterocycles. The summed E-state index contributed by atoms with van der Waals surface area (Å²) in [6.07, 6.45) is 1.70. The normalized spacial score (nSPS) is 11.8. The van der Waals surface area contributed by atoms with Crippen molar-refractivity contribution in [1.82, 2.24) is 14.7 Å². The first-order valence-electron chi connectivity index (χ1n) is 6.44. The molecule has 2 aromatic heterocycles. The number of carbonyl (C=O) groups excluding carboxylic acids is 1. The number of carbonyl (C=O) groups is 1. The number of hydrogen-bond donors (Lipinski definition) is 2. The predicted molar refractivity (Wildman–Crippen MR) is 86.8 cm³/mol. The lowest BCUT2D eigenvalue weighted by Crippen LogP contribution is -2.45. The second-order valence-electron chi connectivity index (χ2n) is 5.40. The number of nitrogens with two attached hydrogens (primary N) is 1. The van der Waals surface area contributed by atoms with E-state index < -0.39 is 5.54 Å². The number of nitrogens with one attached hydrogen (secondary N) is 1. The quantitative estimate of drug-likeness (QED) is 0.821. The SMILES string of the molecule is CC(C)(N)CNC(=O)CSCc1cc(=O)n2ccsc2n1. The van der Waals surface area contributed by atoms with E-state index in [0.29, 0.717) is 28.7 Å². The van der Waals surface area contributed by atoms with Crippen molar-refractivity contribution in [2.75, 3.05) is 12.3 Å². The minimum Gasteiger partial charge on any atom is -0.354 e. The van der Waals surface area contributed by atoms with Crippen molar-refractivity contribution in [2.24, 2.45) is 5.73 Å². The zero-order chi connectivity index (χ0) is 15.5. The standard InChI is InChI=1S/C13H18N4O2S2/c1-13(2,14)8-15-10(18)7-20-6-9-5-11(19)17-3-4-21-12(17)16-9/h3-5H,6-8,14H2,1-2H3,(H,15,18). The summed E-state index contributed by atoms with van der Waals surface area (Å²) < 4.78 is 1.51. The van der Waals surface area contributed by atoms with Gasteiger partial charge in [-0.1, -0.05) is 0 Å². The second-order valence-corrected chi connectivity index (χ2v) is 7.26. The minimum atomic E-state index is -0.416. The molecule has 0 unspecified atom stereocenters. The largest absolute Gasteiger partial charge is 0.354 e. The summed E-state index contributed by atoms with van der Waals surface area (Å²) in [6, 6.07) is 1.51. The lowest BCUT2D eigenvalue weighted by atomic mass is 10.1. The molecule has 0 saturated heterocycles. The Hall–Kier alpha value is -1.38. The molecule has 0 aliphatic rings. The topological polar surface area (TPSA) is 89.5 Å². The van der Waals surface area contributed by atoms with Gasteiger partial charge in [-0.05, 0) is 13.8 Å². The van der Waals surface area contributed by atoms with Crippen LogP contribution < -0.4 is 16.6 Å². The number of nitrogens with zero attached hydrogens (tertiary/aromatic N) is 2. The van der Waals surface area contributed by atoms with Gasteiger partial charge in [-0.25, -0.2) is 4.98 Å². The first-order chi connectivity index (χ1) is 9.85. The molecule has 0 spiro atoms. The van der Waals surface area contributed by atoms with Gasteiger partial charge in [0.1, 0.15) is 0 Å². The molecule has 0 bridgehead atoms. The molecule has 21 heavy (non-hydrogen) atoms. The number of thiazole rings is 1. The van der Waals surface area contributed by atoms with Crippen LogP contribution in [-0.4, -0.2) is 33.1 Å². The Labute approximate surface area is 130 Å². The molecule has 0 fully saturated rings. The van der Waals surface area contributed by atoms with Crippen LogP contribution in [0.15, 0.2) is 22.4 Å². The average molecular weight is 326 g/mol. The number of rotatable bonds is 6. The van der Waals surface area contributed by atoms with Crippen molar-refractivity contribution in [3.8, 4) is 0 Å². The molecule has 6 nitrogen and oxygen atoms in total. The van der Waals surface area contributed by atoms with E-state index in [1.807, 2.05) is 19.2 Å². The van der Waals surface area contributed by atoms with Crippen molar-refractivity contribution < 1.29 is 4.79 Å². The van der Waals surface area contributed by atoms with E-state index >= 15 is 0 Å². The lowest BCUT2D eigenvalue weighted by molar-refractivity contribution is -0.118. The maximum Gasteiger partial charge on any atom is 0.258 e. The summed E-state index contributed by atoms with van der Waals surface area (Å²) in [6.45, 7) is 4.15. The molecule has 3 N–H and O–H groups in total. The average Bonchev–Trinajstić information content (AvgIpc) is 2.84. The number of amides is 1. The predicted octanol–water partition coefficient (Wildman–Crippen LogP) is 0.843. The van der Waals surface area contributed by atoms with E-state index in [0.717, 1.165) is 0 Å². The molecule has 2 rings (SSSR count). The van der Waals surface area contributed by atoms with Crippen molar-refractivity contribution in [3.05, 3.63) is 33.7 Å².